The Bertz CT molecular complexity index is 721. The van der Waals surface area contributed by atoms with Gasteiger partial charge in [0.2, 0.25) is 10.0 Å². The summed E-state index contributed by atoms with van der Waals surface area (Å²) in [4.78, 5) is 5.29. The van der Waals surface area contributed by atoms with Crippen LogP contribution in [-0.2, 0) is 16.6 Å². The third-order valence-corrected chi connectivity index (χ3v) is 5.66. The van der Waals surface area contributed by atoms with E-state index in [2.05, 4.69) is 14.8 Å². The largest absolute Gasteiger partial charge is 0.394 e. The van der Waals surface area contributed by atoms with Crippen LogP contribution in [0.25, 0.3) is 0 Å². The predicted molar refractivity (Wildman–Crippen MR) is 79.6 cm³/mol. The molecule has 116 valence electrons. The van der Waals surface area contributed by atoms with E-state index in [1.807, 2.05) is 13.8 Å². The molecule has 2 N–H and O–H groups in total. The number of nitrogens with one attached hydrogen (secondary N) is 1. The Balaban J connectivity index is 2.18. The van der Waals surface area contributed by atoms with E-state index >= 15 is 0 Å². The van der Waals surface area contributed by atoms with E-state index in [0.717, 1.165) is 15.6 Å². The van der Waals surface area contributed by atoms with Crippen LogP contribution < -0.4 is 4.72 Å². The molecule has 0 amide bonds. The SMILES string of the molecule is Cc1nc(C)c(C(C)NS(=O)(=O)c2cnn(CCO)c2)s1. The van der Waals surface area contributed by atoms with E-state index < -0.39 is 10.0 Å². The van der Waals surface area contributed by atoms with E-state index in [-0.39, 0.29) is 24.1 Å². The number of thiazole rings is 1. The second-order valence-electron chi connectivity index (χ2n) is 4.69. The van der Waals surface area contributed by atoms with E-state index in [9.17, 15) is 8.42 Å². The highest BCUT2D eigenvalue weighted by Gasteiger charge is 2.22. The summed E-state index contributed by atoms with van der Waals surface area (Å²) < 4.78 is 28.6. The molecule has 0 aliphatic heterocycles. The molecule has 0 aliphatic carbocycles. The van der Waals surface area contributed by atoms with Crippen LogP contribution in [0.15, 0.2) is 17.3 Å². The van der Waals surface area contributed by atoms with Crippen LogP contribution >= 0.6 is 11.3 Å². The van der Waals surface area contributed by atoms with Gasteiger partial charge in [0.05, 0.1) is 36.1 Å². The second-order valence-corrected chi connectivity index (χ2v) is 7.64. The van der Waals surface area contributed by atoms with Crippen LogP contribution in [-0.4, -0.2) is 34.9 Å². The van der Waals surface area contributed by atoms with Crippen LogP contribution in [0.4, 0.5) is 0 Å². The van der Waals surface area contributed by atoms with Gasteiger partial charge in [0.15, 0.2) is 0 Å². The number of rotatable bonds is 6. The van der Waals surface area contributed by atoms with Crippen molar-refractivity contribution in [1.29, 1.82) is 0 Å². The van der Waals surface area contributed by atoms with Crippen molar-refractivity contribution in [3.8, 4) is 0 Å². The first-order valence-electron chi connectivity index (χ1n) is 6.43. The fourth-order valence-electron chi connectivity index (χ4n) is 2.01. The summed E-state index contributed by atoms with van der Waals surface area (Å²) in [6, 6.07) is -0.359. The molecule has 0 bridgehead atoms. The summed E-state index contributed by atoms with van der Waals surface area (Å²) in [6.45, 7) is 5.71. The van der Waals surface area contributed by atoms with Gasteiger partial charge in [-0.05, 0) is 20.8 Å². The zero-order valence-electron chi connectivity index (χ0n) is 12.1. The van der Waals surface area contributed by atoms with E-state index in [1.54, 1.807) is 6.92 Å². The van der Waals surface area contributed by atoms with Gasteiger partial charge in [0.1, 0.15) is 4.90 Å². The summed E-state index contributed by atoms with van der Waals surface area (Å²) in [7, 11) is -3.65. The van der Waals surface area contributed by atoms with Crippen LogP contribution in [0.5, 0.6) is 0 Å². The minimum atomic E-state index is -3.65. The monoisotopic (exact) mass is 330 g/mol. The number of aliphatic hydroxyl groups excluding tert-OH is 1. The molecule has 1 atom stereocenters. The molecule has 0 spiro atoms. The summed E-state index contributed by atoms with van der Waals surface area (Å²) in [6.07, 6.45) is 2.67. The molecule has 2 aromatic rings. The Labute approximate surface area is 127 Å². The quantitative estimate of drug-likeness (QED) is 0.823. The Morgan fingerprint density at radius 2 is 2.19 bits per heavy atom. The second kappa shape index (κ2) is 6.22. The van der Waals surface area contributed by atoms with E-state index in [0.29, 0.717) is 0 Å². The maximum Gasteiger partial charge on any atom is 0.244 e. The highest BCUT2D eigenvalue weighted by Crippen LogP contribution is 2.25. The molecule has 1 unspecified atom stereocenters. The molecule has 0 saturated heterocycles. The molecule has 7 nitrogen and oxygen atoms in total. The number of sulfonamides is 1. The number of hydrogen-bond acceptors (Lipinski definition) is 6. The Morgan fingerprint density at radius 3 is 2.76 bits per heavy atom. The third-order valence-electron chi connectivity index (χ3n) is 2.91. The Hall–Kier alpha value is -1.29. The molecular weight excluding hydrogens is 312 g/mol. The van der Waals surface area contributed by atoms with Gasteiger partial charge in [-0.2, -0.15) is 5.10 Å². The number of aryl methyl sites for hydroxylation is 2. The number of aliphatic hydroxyl groups is 1. The first-order valence-corrected chi connectivity index (χ1v) is 8.73. The molecule has 2 heterocycles. The van der Waals surface area contributed by atoms with E-state index in [1.165, 1.54) is 28.4 Å². The minimum absolute atomic E-state index is 0.0849. The van der Waals surface area contributed by atoms with Crippen LogP contribution in [0.3, 0.4) is 0 Å². The van der Waals surface area contributed by atoms with Gasteiger partial charge in [-0.15, -0.1) is 11.3 Å². The number of hydrogen-bond donors (Lipinski definition) is 2. The zero-order chi connectivity index (χ0) is 15.6. The maximum atomic E-state index is 12.3. The first kappa shape index (κ1) is 16.1. The van der Waals surface area contributed by atoms with E-state index in [4.69, 9.17) is 5.11 Å². The van der Waals surface area contributed by atoms with Crippen molar-refractivity contribution in [2.45, 2.75) is 38.3 Å². The normalized spacial score (nSPS) is 13.5. The number of aromatic nitrogens is 3. The highest BCUT2D eigenvalue weighted by atomic mass is 32.2. The molecule has 0 fully saturated rings. The summed E-state index contributed by atoms with van der Waals surface area (Å²) in [5.41, 5.74) is 0.837. The summed E-state index contributed by atoms with van der Waals surface area (Å²) >= 11 is 1.48. The lowest BCUT2D eigenvalue weighted by Gasteiger charge is -2.12. The molecule has 0 aromatic carbocycles. The fourth-order valence-corrected chi connectivity index (χ4v) is 4.18. The van der Waals surface area contributed by atoms with Gasteiger partial charge in [-0.25, -0.2) is 18.1 Å². The standard InChI is InChI=1S/C12H18N4O3S2/c1-8-12(20-10(3)14-8)9(2)15-21(18,19)11-6-13-16(7-11)4-5-17/h6-7,9,15,17H,4-5H2,1-3H3. The topological polar surface area (TPSA) is 97.1 Å². The highest BCUT2D eigenvalue weighted by molar-refractivity contribution is 7.89. The van der Waals surface area contributed by atoms with Crippen molar-refractivity contribution in [1.82, 2.24) is 19.5 Å². The molecule has 2 aromatic heterocycles. The molecule has 9 heteroatoms. The van der Waals surface area contributed by atoms with Crippen molar-refractivity contribution in [2.75, 3.05) is 6.61 Å². The van der Waals surface area contributed by atoms with Crippen molar-refractivity contribution in [3.63, 3.8) is 0 Å². The van der Waals surface area contributed by atoms with Gasteiger partial charge >= 0.3 is 0 Å². The smallest absolute Gasteiger partial charge is 0.244 e. The minimum Gasteiger partial charge on any atom is -0.394 e. The fraction of sp³-hybridized carbons (Fsp3) is 0.500. The van der Waals surface area contributed by atoms with Crippen LogP contribution in [0.2, 0.25) is 0 Å². The number of nitrogens with zero attached hydrogens (tertiary/aromatic N) is 3. The van der Waals surface area contributed by atoms with Gasteiger partial charge in [0.25, 0.3) is 0 Å². The van der Waals surface area contributed by atoms with Crippen molar-refractivity contribution in [2.24, 2.45) is 0 Å². The van der Waals surface area contributed by atoms with Crippen molar-refractivity contribution in [3.05, 3.63) is 28.0 Å². The average molecular weight is 330 g/mol. The molecule has 21 heavy (non-hydrogen) atoms. The van der Waals surface area contributed by atoms with Gasteiger partial charge in [0, 0.05) is 11.1 Å². The lowest BCUT2D eigenvalue weighted by molar-refractivity contribution is 0.269. The molecule has 2 rings (SSSR count). The Kier molecular flexibility index (Phi) is 4.77. The Morgan fingerprint density at radius 1 is 1.48 bits per heavy atom. The van der Waals surface area contributed by atoms with Crippen molar-refractivity contribution >= 4 is 21.4 Å². The van der Waals surface area contributed by atoms with Gasteiger partial charge in [-0.1, -0.05) is 0 Å². The third kappa shape index (κ3) is 3.67. The van der Waals surface area contributed by atoms with Crippen LogP contribution in [0, 0.1) is 13.8 Å². The summed E-state index contributed by atoms with van der Waals surface area (Å²) in [5.74, 6) is 0. The first-order chi connectivity index (χ1) is 9.83. The van der Waals surface area contributed by atoms with Crippen LogP contribution in [0.1, 0.15) is 28.5 Å². The van der Waals surface area contributed by atoms with Gasteiger partial charge < -0.3 is 5.11 Å². The lowest BCUT2D eigenvalue weighted by atomic mass is 10.2. The maximum absolute atomic E-state index is 12.3. The molecule has 0 saturated carbocycles. The molecular formula is C12H18N4O3S2. The zero-order valence-corrected chi connectivity index (χ0v) is 13.7. The van der Waals surface area contributed by atoms with Gasteiger partial charge in [-0.3, -0.25) is 4.68 Å². The predicted octanol–water partition coefficient (Wildman–Crippen LogP) is 0.988. The lowest BCUT2D eigenvalue weighted by Crippen LogP contribution is -2.26. The average Bonchev–Trinajstić information content (AvgIpc) is 2.96. The molecule has 0 aliphatic rings. The van der Waals surface area contributed by atoms with Crippen molar-refractivity contribution < 1.29 is 13.5 Å². The summed E-state index contributed by atoms with van der Waals surface area (Å²) in [5, 5.41) is 13.6. The molecule has 0 radical (unpaired) electrons.